The second-order valence-corrected chi connectivity index (χ2v) is 4.45. The Balaban J connectivity index is 1.95. The summed E-state index contributed by atoms with van der Waals surface area (Å²) in [4.78, 5) is 12.7. The number of fused-ring (bicyclic) bond motifs is 3. The molecule has 0 amide bonds. The largest absolute Gasteiger partial charge is 0.480 e. The number of aromatic nitrogens is 1. The van der Waals surface area contributed by atoms with Gasteiger partial charge in [0.15, 0.2) is 0 Å². The zero-order valence-corrected chi connectivity index (χ0v) is 9.47. The van der Waals surface area contributed by atoms with E-state index in [-0.39, 0.29) is 6.54 Å². The molecule has 2 aromatic rings. The summed E-state index contributed by atoms with van der Waals surface area (Å²) >= 11 is 0. The van der Waals surface area contributed by atoms with Crippen LogP contribution in [0, 0.1) is 0 Å². The van der Waals surface area contributed by atoms with Crippen LogP contribution in [0.3, 0.4) is 0 Å². The molecule has 0 saturated carbocycles. The van der Waals surface area contributed by atoms with E-state index < -0.39 is 5.97 Å². The summed E-state index contributed by atoms with van der Waals surface area (Å²) in [5.74, 6) is -0.755. The van der Waals surface area contributed by atoms with Crippen LogP contribution >= 0.6 is 0 Å². The van der Waals surface area contributed by atoms with Crippen molar-refractivity contribution in [3.05, 3.63) is 36.0 Å². The molecule has 1 aliphatic rings. The van der Waals surface area contributed by atoms with Crippen molar-refractivity contribution in [1.82, 2.24) is 9.47 Å². The molecule has 17 heavy (non-hydrogen) atoms. The van der Waals surface area contributed by atoms with Crippen molar-refractivity contribution in [2.45, 2.75) is 13.1 Å². The molecule has 4 nitrogen and oxygen atoms in total. The van der Waals surface area contributed by atoms with Crippen LogP contribution < -0.4 is 0 Å². The van der Waals surface area contributed by atoms with Gasteiger partial charge in [-0.3, -0.25) is 9.69 Å². The Labute approximate surface area is 99.1 Å². The number of hydrogen-bond donors (Lipinski definition) is 1. The van der Waals surface area contributed by atoms with E-state index in [1.807, 2.05) is 17.0 Å². The van der Waals surface area contributed by atoms with E-state index in [1.165, 1.54) is 16.6 Å². The van der Waals surface area contributed by atoms with Crippen LogP contribution in [-0.2, 0) is 17.9 Å². The summed E-state index contributed by atoms with van der Waals surface area (Å²) in [6, 6.07) is 10.4. The Morgan fingerprint density at radius 1 is 1.29 bits per heavy atom. The van der Waals surface area contributed by atoms with Crippen LogP contribution in [-0.4, -0.2) is 33.6 Å². The summed E-state index contributed by atoms with van der Waals surface area (Å²) in [5.41, 5.74) is 2.45. The number of rotatable bonds is 2. The lowest BCUT2D eigenvalue weighted by Crippen LogP contribution is -2.36. The zero-order valence-electron chi connectivity index (χ0n) is 9.47. The summed E-state index contributed by atoms with van der Waals surface area (Å²) in [7, 11) is 0. The highest BCUT2D eigenvalue weighted by Crippen LogP contribution is 2.23. The van der Waals surface area contributed by atoms with Crippen molar-refractivity contribution in [3.8, 4) is 0 Å². The van der Waals surface area contributed by atoms with Crippen molar-refractivity contribution in [1.29, 1.82) is 0 Å². The van der Waals surface area contributed by atoms with Gasteiger partial charge in [-0.15, -0.1) is 0 Å². The molecule has 0 atom stereocenters. The van der Waals surface area contributed by atoms with Gasteiger partial charge in [0.25, 0.3) is 0 Å². The topological polar surface area (TPSA) is 45.5 Å². The molecule has 1 aromatic carbocycles. The second kappa shape index (κ2) is 3.89. The van der Waals surface area contributed by atoms with E-state index in [9.17, 15) is 4.79 Å². The average molecular weight is 230 g/mol. The SMILES string of the molecule is O=C(O)CN1CCn2c(cc3ccccc32)C1. The summed E-state index contributed by atoms with van der Waals surface area (Å²) < 4.78 is 2.29. The molecule has 88 valence electrons. The monoisotopic (exact) mass is 230 g/mol. The van der Waals surface area contributed by atoms with E-state index in [1.54, 1.807) is 0 Å². The summed E-state index contributed by atoms with van der Waals surface area (Å²) in [6.07, 6.45) is 0. The number of hydrogen-bond acceptors (Lipinski definition) is 2. The van der Waals surface area contributed by atoms with E-state index in [0.717, 1.165) is 19.6 Å². The summed E-state index contributed by atoms with van der Waals surface area (Å²) in [5, 5.41) is 10.0. The molecule has 3 rings (SSSR count). The lowest BCUT2D eigenvalue weighted by Gasteiger charge is -2.27. The van der Waals surface area contributed by atoms with Crippen molar-refractivity contribution >= 4 is 16.9 Å². The third-order valence-corrected chi connectivity index (χ3v) is 3.28. The van der Waals surface area contributed by atoms with Crippen molar-refractivity contribution < 1.29 is 9.90 Å². The van der Waals surface area contributed by atoms with E-state index in [4.69, 9.17) is 5.11 Å². The number of carboxylic acid groups (broad SMARTS) is 1. The molecule has 0 spiro atoms. The van der Waals surface area contributed by atoms with Crippen molar-refractivity contribution in [2.75, 3.05) is 13.1 Å². The number of carboxylic acids is 1. The molecule has 0 aliphatic carbocycles. The number of para-hydroxylation sites is 1. The Morgan fingerprint density at radius 3 is 2.94 bits per heavy atom. The Bertz CT molecular complexity index is 574. The standard InChI is InChI=1S/C13H14N2O2/c16-13(17)9-14-5-6-15-11(8-14)7-10-3-1-2-4-12(10)15/h1-4,7H,5-6,8-9H2,(H,16,17). The maximum atomic E-state index is 10.7. The van der Waals surface area contributed by atoms with E-state index in [0.29, 0.717) is 0 Å². The second-order valence-electron chi connectivity index (χ2n) is 4.45. The first kappa shape index (κ1) is 10.4. The van der Waals surface area contributed by atoms with Gasteiger partial charge < -0.3 is 9.67 Å². The number of carbonyl (C=O) groups is 1. The van der Waals surface area contributed by atoms with Gasteiger partial charge in [0, 0.05) is 30.8 Å². The molecule has 1 aromatic heterocycles. The van der Waals surface area contributed by atoms with Gasteiger partial charge in [0.05, 0.1) is 6.54 Å². The third-order valence-electron chi connectivity index (χ3n) is 3.28. The molecule has 1 N–H and O–H groups in total. The maximum Gasteiger partial charge on any atom is 0.317 e. The molecule has 0 saturated heterocycles. The first-order valence-corrected chi connectivity index (χ1v) is 5.75. The summed E-state index contributed by atoms with van der Waals surface area (Å²) in [6.45, 7) is 2.52. The molecule has 0 radical (unpaired) electrons. The average Bonchev–Trinajstić information content (AvgIpc) is 2.65. The highest BCUT2D eigenvalue weighted by Gasteiger charge is 2.19. The first-order chi connectivity index (χ1) is 8.24. The third kappa shape index (κ3) is 1.80. The minimum Gasteiger partial charge on any atom is -0.480 e. The lowest BCUT2D eigenvalue weighted by atomic mass is 10.2. The molecule has 0 unspecified atom stereocenters. The highest BCUT2D eigenvalue weighted by molar-refractivity contribution is 5.81. The molecule has 2 heterocycles. The van der Waals surface area contributed by atoms with Crippen LogP contribution in [0.5, 0.6) is 0 Å². The molecule has 0 fully saturated rings. The Morgan fingerprint density at radius 2 is 2.12 bits per heavy atom. The maximum absolute atomic E-state index is 10.7. The minimum atomic E-state index is -0.755. The van der Waals surface area contributed by atoms with Gasteiger partial charge >= 0.3 is 5.97 Å². The predicted octanol–water partition coefficient (Wildman–Crippen LogP) is 1.54. The first-order valence-electron chi connectivity index (χ1n) is 5.75. The van der Waals surface area contributed by atoms with Gasteiger partial charge in [0.2, 0.25) is 0 Å². The van der Waals surface area contributed by atoms with E-state index in [2.05, 4.69) is 22.8 Å². The van der Waals surface area contributed by atoms with Crippen molar-refractivity contribution in [2.24, 2.45) is 0 Å². The molecular weight excluding hydrogens is 216 g/mol. The number of nitrogens with zero attached hydrogens (tertiary/aromatic N) is 2. The van der Waals surface area contributed by atoms with Gasteiger partial charge in [-0.1, -0.05) is 18.2 Å². The molecule has 0 bridgehead atoms. The minimum absolute atomic E-state index is 0.127. The molecule has 4 heteroatoms. The normalized spacial score (nSPS) is 16.0. The fourth-order valence-corrected chi connectivity index (χ4v) is 2.54. The highest BCUT2D eigenvalue weighted by atomic mass is 16.4. The van der Waals surface area contributed by atoms with Gasteiger partial charge in [-0.25, -0.2) is 0 Å². The van der Waals surface area contributed by atoms with Crippen LogP contribution in [0.15, 0.2) is 30.3 Å². The zero-order chi connectivity index (χ0) is 11.8. The van der Waals surface area contributed by atoms with Gasteiger partial charge in [-0.05, 0) is 17.5 Å². The number of aliphatic carboxylic acids is 1. The predicted molar refractivity (Wildman–Crippen MR) is 64.9 cm³/mol. The Hall–Kier alpha value is -1.81. The van der Waals surface area contributed by atoms with Crippen molar-refractivity contribution in [3.63, 3.8) is 0 Å². The van der Waals surface area contributed by atoms with E-state index >= 15 is 0 Å². The smallest absolute Gasteiger partial charge is 0.317 e. The van der Waals surface area contributed by atoms with Crippen LogP contribution in [0.1, 0.15) is 5.69 Å². The fourth-order valence-electron chi connectivity index (χ4n) is 2.54. The van der Waals surface area contributed by atoms with Crippen LogP contribution in [0.4, 0.5) is 0 Å². The Kier molecular flexibility index (Phi) is 2.37. The molecular formula is C13H14N2O2. The lowest BCUT2D eigenvalue weighted by molar-refractivity contribution is -0.138. The number of benzene rings is 1. The van der Waals surface area contributed by atoms with Crippen LogP contribution in [0.25, 0.3) is 10.9 Å². The van der Waals surface area contributed by atoms with Gasteiger partial charge in [0.1, 0.15) is 0 Å². The van der Waals surface area contributed by atoms with Gasteiger partial charge in [-0.2, -0.15) is 0 Å². The fraction of sp³-hybridized carbons (Fsp3) is 0.308. The molecule has 1 aliphatic heterocycles. The van der Waals surface area contributed by atoms with Crippen LogP contribution in [0.2, 0.25) is 0 Å². The quantitative estimate of drug-likeness (QED) is 0.851.